The Labute approximate surface area is 111 Å². The molecule has 0 aliphatic carbocycles. The summed E-state index contributed by atoms with van der Waals surface area (Å²) < 4.78 is 13.3. The van der Waals surface area contributed by atoms with Gasteiger partial charge in [0.2, 0.25) is 0 Å². The lowest BCUT2D eigenvalue weighted by molar-refractivity contribution is 0.505. The van der Waals surface area contributed by atoms with Crippen molar-refractivity contribution < 1.29 is 4.39 Å². The minimum atomic E-state index is -0.123. The molecular formula is C13H18FNS2. The highest BCUT2D eigenvalue weighted by atomic mass is 32.2. The molecule has 17 heavy (non-hydrogen) atoms. The SMILES string of the molecule is CSCCCNC1CCSc2ccc(F)cc21. The van der Waals surface area contributed by atoms with Gasteiger partial charge in [-0.25, -0.2) is 4.39 Å². The first-order valence-electron chi connectivity index (χ1n) is 5.96. The van der Waals surface area contributed by atoms with Gasteiger partial charge in [-0.2, -0.15) is 11.8 Å². The lowest BCUT2D eigenvalue weighted by atomic mass is 10.0. The third kappa shape index (κ3) is 3.63. The maximum atomic E-state index is 13.3. The Morgan fingerprint density at radius 3 is 3.24 bits per heavy atom. The molecule has 1 unspecified atom stereocenters. The summed E-state index contributed by atoms with van der Waals surface area (Å²) in [5, 5.41) is 3.55. The first kappa shape index (κ1) is 13.2. The summed E-state index contributed by atoms with van der Waals surface area (Å²) in [6, 6.07) is 5.49. The van der Waals surface area contributed by atoms with Crippen LogP contribution < -0.4 is 5.32 Å². The first-order chi connectivity index (χ1) is 8.31. The molecule has 2 rings (SSSR count). The van der Waals surface area contributed by atoms with Crippen molar-refractivity contribution >= 4 is 23.5 Å². The highest BCUT2D eigenvalue weighted by Gasteiger charge is 2.20. The zero-order valence-corrected chi connectivity index (χ0v) is 11.7. The van der Waals surface area contributed by atoms with E-state index in [2.05, 4.69) is 11.6 Å². The van der Waals surface area contributed by atoms with Crippen LogP contribution in [0.3, 0.4) is 0 Å². The third-order valence-electron chi connectivity index (χ3n) is 2.93. The zero-order chi connectivity index (χ0) is 12.1. The van der Waals surface area contributed by atoms with Crippen LogP contribution in [-0.4, -0.2) is 24.3 Å². The van der Waals surface area contributed by atoms with E-state index in [1.54, 1.807) is 12.1 Å². The van der Waals surface area contributed by atoms with Crippen LogP contribution in [-0.2, 0) is 0 Å². The number of nitrogens with one attached hydrogen (secondary N) is 1. The van der Waals surface area contributed by atoms with E-state index >= 15 is 0 Å². The second-order valence-corrected chi connectivity index (χ2v) is 6.29. The maximum Gasteiger partial charge on any atom is 0.123 e. The minimum absolute atomic E-state index is 0.123. The molecule has 1 aliphatic rings. The molecule has 94 valence electrons. The molecule has 1 aromatic carbocycles. The van der Waals surface area contributed by atoms with Crippen molar-refractivity contribution in [2.45, 2.75) is 23.8 Å². The van der Waals surface area contributed by atoms with E-state index in [0.29, 0.717) is 6.04 Å². The van der Waals surface area contributed by atoms with Crippen LogP contribution in [0.2, 0.25) is 0 Å². The van der Waals surface area contributed by atoms with Crippen LogP contribution in [0.25, 0.3) is 0 Å². The molecule has 4 heteroatoms. The summed E-state index contributed by atoms with van der Waals surface area (Å²) in [6.45, 7) is 1.02. The molecular weight excluding hydrogens is 253 g/mol. The molecule has 0 amide bonds. The van der Waals surface area contributed by atoms with Gasteiger partial charge >= 0.3 is 0 Å². The topological polar surface area (TPSA) is 12.0 Å². The molecule has 1 atom stereocenters. The Morgan fingerprint density at radius 2 is 2.41 bits per heavy atom. The second kappa shape index (κ2) is 6.66. The highest BCUT2D eigenvalue weighted by Crippen LogP contribution is 2.36. The predicted octanol–water partition coefficient (Wildman–Crippen LogP) is 3.71. The summed E-state index contributed by atoms with van der Waals surface area (Å²) in [4.78, 5) is 1.24. The van der Waals surface area contributed by atoms with E-state index in [1.165, 1.54) is 17.1 Å². The Kier molecular flexibility index (Phi) is 5.19. The van der Waals surface area contributed by atoms with Crippen LogP contribution in [0, 0.1) is 5.82 Å². The molecule has 0 aromatic heterocycles. The second-order valence-electron chi connectivity index (χ2n) is 4.17. The molecule has 0 bridgehead atoms. The summed E-state index contributed by atoms with van der Waals surface area (Å²) in [7, 11) is 0. The van der Waals surface area contributed by atoms with Crippen molar-refractivity contribution in [2.75, 3.05) is 24.3 Å². The average Bonchev–Trinajstić information content (AvgIpc) is 2.35. The van der Waals surface area contributed by atoms with E-state index in [4.69, 9.17) is 0 Å². The fraction of sp³-hybridized carbons (Fsp3) is 0.538. The van der Waals surface area contributed by atoms with E-state index in [9.17, 15) is 4.39 Å². The summed E-state index contributed by atoms with van der Waals surface area (Å²) in [6.07, 6.45) is 4.40. The molecule has 1 heterocycles. The van der Waals surface area contributed by atoms with Gasteiger partial charge in [0.15, 0.2) is 0 Å². The molecule has 0 saturated heterocycles. The predicted molar refractivity (Wildman–Crippen MR) is 75.5 cm³/mol. The van der Waals surface area contributed by atoms with Gasteiger partial charge < -0.3 is 5.32 Å². The van der Waals surface area contributed by atoms with Crippen molar-refractivity contribution in [3.63, 3.8) is 0 Å². The van der Waals surface area contributed by atoms with Gasteiger partial charge in [-0.05, 0) is 60.9 Å². The molecule has 1 N–H and O–H groups in total. The molecule has 1 aliphatic heterocycles. The smallest absolute Gasteiger partial charge is 0.123 e. The number of halogens is 1. The van der Waals surface area contributed by atoms with Gasteiger partial charge in [-0.3, -0.25) is 0 Å². The van der Waals surface area contributed by atoms with E-state index < -0.39 is 0 Å². The lowest BCUT2D eigenvalue weighted by Gasteiger charge is -2.26. The van der Waals surface area contributed by atoms with Crippen LogP contribution in [0.5, 0.6) is 0 Å². The van der Waals surface area contributed by atoms with Crippen LogP contribution in [0.4, 0.5) is 4.39 Å². The molecule has 0 saturated carbocycles. The molecule has 1 nitrogen and oxygen atoms in total. The summed E-state index contributed by atoms with van der Waals surface area (Å²) in [5.41, 5.74) is 1.14. The number of thioether (sulfide) groups is 2. The van der Waals surface area contributed by atoms with Crippen molar-refractivity contribution in [1.29, 1.82) is 0 Å². The molecule has 0 fully saturated rings. The molecule has 0 radical (unpaired) electrons. The fourth-order valence-corrected chi connectivity index (χ4v) is 3.61. The molecule has 1 aromatic rings. The van der Waals surface area contributed by atoms with Gasteiger partial charge in [-0.1, -0.05) is 0 Å². The number of rotatable bonds is 5. The number of hydrogen-bond donors (Lipinski definition) is 1. The highest BCUT2D eigenvalue weighted by molar-refractivity contribution is 7.99. The van der Waals surface area contributed by atoms with Gasteiger partial charge in [0.05, 0.1) is 0 Å². The van der Waals surface area contributed by atoms with Crippen molar-refractivity contribution in [2.24, 2.45) is 0 Å². The normalized spacial score (nSPS) is 19.1. The lowest BCUT2D eigenvalue weighted by Crippen LogP contribution is -2.26. The van der Waals surface area contributed by atoms with Crippen LogP contribution >= 0.6 is 23.5 Å². The largest absolute Gasteiger partial charge is 0.310 e. The monoisotopic (exact) mass is 271 g/mol. The third-order valence-corrected chi connectivity index (χ3v) is 4.75. The Balaban J connectivity index is 1.98. The van der Waals surface area contributed by atoms with Crippen molar-refractivity contribution in [1.82, 2.24) is 5.32 Å². The van der Waals surface area contributed by atoms with Crippen molar-refractivity contribution in [3.8, 4) is 0 Å². The van der Waals surface area contributed by atoms with Gasteiger partial charge in [0, 0.05) is 10.9 Å². The van der Waals surface area contributed by atoms with E-state index in [1.807, 2.05) is 29.6 Å². The van der Waals surface area contributed by atoms with Gasteiger partial charge in [-0.15, -0.1) is 11.8 Å². The first-order valence-corrected chi connectivity index (χ1v) is 8.34. The minimum Gasteiger partial charge on any atom is -0.310 e. The van der Waals surface area contributed by atoms with Crippen LogP contribution in [0.1, 0.15) is 24.4 Å². The Morgan fingerprint density at radius 1 is 1.53 bits per heavy atom. The van der Waals surface area contributed by atoms with Gasteiger partial charge in [0.25, 0.3) is 0 Å². The quantitative estimate of drug-likeness (QED) is 0.820. The van der Waals surface area contributed by atoms with E-state index in [0.717, 1.165) is 24.3 Å². The zero-order valence-electron chi connectivity index (χ0n) is 10.0. The van der Waals surface area contributed by atoms with E-state index in [-0.39, 0.29) is 5.82 Å². The Hall–Kier alpha value is -0.190. The number of hydrogen-bond acceptors (Lipinski definition) is 3. The summed E-state index contributed by atoms with van der Waals surface area (Å²) >= 11 is 3.71. The fourth-order valence-electron chi connectivity index (χ4n) is 2.07. The number of benzene rings is 1. The van der Waals surface area contributed by atoms with Gasteiger partial charge in [0.1, 0.15) is 5.82 Å². The summed E-state index contributed by atoms with van der Waals surface area (Å²) in [5.74, 6) is 2.19. The average molecular weight is 271 g/mol. The number of fused-ring (bicyclic) bond motifs is 1. The van der Waals surface area contributed by atoms with Crippen LogP contribution in [0.15, 0.2) is 23.1 Å². The standard InChI is InChI=1S/C13H18FNS2/c1-16-7-2-6-15-12-5-8-17-13-4-3-10(14)9-11(12)13/h3-4,9,12,15H,2,5-8H2,1H3. The maximum absolute atomic E-state index is 13.3. The Bertz CT molecular complexity index is 370. The molecule has 0 spiro atoms. The van der Waals surface area contributed by atoms with Crippen molar-refractivity contribution in [3.05, 3.63) is 29.6 Å².